The molecule has 1 amide bonds. The number of thioether (sulfide) groups is 1. The second-order valence-electron chi connectivity index (χ2n) is 3.99. The van der Waals surface area contributed by atoms with E-state index in [1.165, 1.54) is 11.8 Å². The number of thiocarbonyl (C=S) groups is 1. The molecule has 0 radical (unpaired) electrons. The van der Waals surface area contributed by atoms with Crippen LogP contribution < -0.4 is 4.90 Å². The number of rotatable bonds is 2. The Labute approximate surface area is 138 Å². The average molecular weight is 382 g/mol. The molecular formula is C14H8BrNOS3. The van der Waals surface area contributed by atoms with Crippen LogP contribution in [0.25, 0.3) is 6.08 Å². The molecule has 2 heterocycles. The highest BCUT2D eigenvalue weighted by atomic mass is 79.9. The number of carbonyl (C=O) groups excluding carboxylic acids is 1. The fraction of sp³-hybridized carbons (Fsp3) is 0. The van der Waals surface area contributed by atoms with Crippen molar-refractivity contribution in [2.45, 2.75) is 0 Å². The lowest BCUT2D eigenvalue weighted by Crippen LogP contribution is -2.27. The minimum atomic E-state index is -0.0595. The summed E-state index contributed by atoms with van der Waals surface area (Å²) >= 11 is 11.7. The maximum absolute atomic E-state index is 12.5. The van der Waals surface area contributed by atoms with Crippen LogP contribution in [0.15, 0.2) is 51.2 Å². The van der Waals surface area contributed by atoms with Crippen LogP contribution in [0.5, 0.6) is 0 Å². The van der Waals surface area contributed by atoms with Crippen LogP contribution >= 0.6 is 51.2 Å². The van der Waals surface area contributed by atoms with E-state index in [9.17, 15) is 4.79 Å². The molecule has 1 saturated heterocycles. The first-order chi connectivity index (χ1) is 9.65. The van der Waals surface area contributed by atoms with E-state index in [0.29, 0.717) is 9.23 Å². The summed E-state index contributed by atoms with van der Waals surface area (Å²) in [6.45, 7) is 0. The van der Waals surface area contributed by atoms with Gasteiger partial charge in [-0.3, -0.25) is 9.69 Å². The molecule has 0 bridgehead atoms. The number of anilines is 1. The van der Waals surface area contributed by atoms with Crippen molar-refractivity contribution < 1.29 is 4.79 Å². The number of nitrogens with zero attached hydrogens (tertiary/aromatic N) is 1. The monoisotopic (exact) mass is 381 g/mol. The second kappa shape index (κ2) is 5.81. The summed E-state index contributed by atoms with van der Waals surface area (Å²) in [7, 11) is 0. The summed E-state index contributed by atoms with van der Waals surface area (Å²) in [5.41, 5.74) is 0.811. The molecule has 2 aromatic rings. The number of hydrogen-bond donors (Lipinski definition) is 0. The van der Waals surface area contributed by atoms with E-state index in [0.717, 1.165) is 14.4 Å². The SMILES string of the molecule is O=C1/C(=C/c2ccc(Br)s2)SC(=S)N1c1ccccc1. The Hall–Kier alpha value is -0.950. The Balaban J connectivity index is 1.93. The molecule has 0 atom stereocenters. The molecule has 1 aliphatic heterocycles. The summed E-state index contributed by atoms with van der Waals surface area (Å²) in [4.78, 5) is 15.7. The Morgan fingerprint density at radius 3 is 2.55 bits per heavy atom. The van der Waals surface area contributed by atoms with Gasteiger partial charge >= 0.3 is 0 Å². The number of halogens is 1. The standard InChI is InChI=1S/C14H8BrNOS3/c15-12-7-6-10(19-12)8-11-13(17)16(14(18)20-11)9-4-2-1-3-5-9/h1-8H/b11-8-. The largest absolute Gasteiger partial charge is 0.270 e. The molecule has 1 aromatic heterocycles. The molecule has 0 saturated carbocycles. The smallest absolute Gasteiger partial charge is 0.268 e. The third-order valence-electron chi connectivity index (χ3n) is 2.68. The Bertz CT molecular complexity index is 708. The predicted octanol–water partition coefficient (Wildman–Crippen LogP) is 4.92. The number of benzene rings is 1. The third-order valence-corrected chi connectivity index (χ3v) is 5.55. The van der Waals surface area contributed by atoms with Crippen molar-refractivity contribution in [3.63, 3.8) is 0 Å². The van der Waals surface area contributed by atoms with Crippen molar-refractivity contribution >= 4 is 73.2 Å². The molecule has 20 heavy (non-hydrogen) atoms. The molecule has 1 aromatic carbocycles. The maximum Gasteiger partial charge on any atom is 0.270 e. The van der Waals surface area contributed by atoms with E-state index < -0.39 is 0 Å². The Morgan fingerprint density at radius 2 is 1.90 bits per heavy atom. The van der Waals surface area contributed by atoms with Gasteiger partial charge in [-0.2, -0.15) is 0 Å². The van der Waals surface area contributed by atoms with Crippen molar-refractivity contribution in [3.05, 3.63) is 56.0 Å². The second-order valence-corrected chi connectivity index (χ2v) is 8.16. The fourth-order valence-electron chi connectivity index (χ4n) is 1.80. The first-order valence-corrected chi connectivity index (χ1v) is 8.57. The molecule has 3 rings (SSSR count). The van der Waals surface area contributed by atoms with Crippen LogP contribution in [0.4, 0.5) is 5.69 Å². The van der Waals surface area contributed by atoms with E-state index in [-0.39, 0.29) is 5.91 Å². The van der Waals surface area contributed by atoms with Gasteiger partial charge in [0.05, 0.1) is 14.4 Å². The highest BCUT2D eigenvalue weighted by molar-refractivity contribution is 9.11. The van der Waals surface area contributed by atoms with Gasteiger partial charge in [-0.15, -0.1) is 11.3 Å². The van der Waals surface area contributed by atoms with Gasteiger partial charge in [0.25, 0.3) is 5.91 Å². The molecule has 0 N–H and O–H groups in total. The third kappa shape index (κ3) is 2.74. The molecule has 1 aliphatic rings. The number of hydrogen-bond acceptors (Lipinski definition) is 4. The molecule has 1 fully saturated rings. The fourth-order valence-corrected chi connectivity index (χ4v) is 4.53. The first kappa shape index (κ1) is 14.0. The number of para-hydroxylation sites is 1. The van der Waals surface area contributed by atoms with Crippen molar-refractivity contribution in [3.8, 4) is 0 Å². The lowest BCUT2D eigenvalue weighted by atomic mass is 10.3. The van der Waals surface area contributed by atoms with E-state index in [2.05, 4.69) is 15.9 Å². The van der Waals surface area contributed by atoms with Gasteiger partial charge in [-0.05, 0) is 46.3 Å². The molecule has 100 valence electrons. The van der Waals surface area contributed by atoms with Crippen LogP contribution in [0, 0.1) is 0 Å². The lowest BCUT2D eigenvalue weighted by molar-refractivity contribution is -0.113. The van der Waals surface area contributed by atoms with Gasteiger partial charge in [-0.1, -0.05) is 42.2 Å². The number of carbonyl (C=O) groups is 1. The van der Waals surface area contributed by atoms with Gasteiger partial charge in [0.2, 0.25) is 0 Å². The Morgan fingerprint density at radius 1 is 1.15 bits per heavy atom. The number of amides is 1. The van der Waals surface area contributed by atoms with Crippen LogP contribution in [-0.4, -0.2) is 10.2 Å². The van der Waals surface area contributed by atoms with Gasteiger partial charge in [0.15, 0.2) is 4.32 Å². The molecular weight excluding hydrogens is 374 g/mol. The summed E-state index contributed by atoms with van der Waals surface area (Å²) < 4.78 is 1.62. The topological polar surface area (TPSA) is 20.3 Å². The van der Waals surface area contributed by atoms with Crippen LogP contribution in [0.2, 0.25) is 0 Å². The summed E-state index contributed by atoms with van der Waals surface area (Å²) in [5.74, 6) is -0.0595. The van der Waals surface area contributed by atoms with E-state index in [1.54, 1.807) is 16.2 Å². The van der Waals surface area contributed by atoms with E-state index in [1.807, 2.05) is 48.5 Å². The van der Waals surface area contributed by atoms with Crippen LogP contribution in [0.3, 0.4) is 0 Å². The van der Waals surface area contributed by atoms with Gasteiger partial charge in [0.1, 0.15) is 0 Å². The van der Waals surface area contributed by atoms with Crippen molar-refractivity contribution in [2.24, 2.45) is 0 Å². The minimum absolute atomic E-state index is 0.0595. The van der Waals surface area contributed by atoms with Gasteiger partial charge < -0.3 is 0 Å². The van der Waals surface area contributed by atoms with Crippen molar-refractivity contribution in [1.82, 2.24) is 0 Å². The summed E-state index contributed by atoms with van der Waals surface area (Å²) in [6, 6.07) is 13.4. The quantitative estimate of drug-likeness (QED) is 0.543. The Kier molecular flexibility index (Phi) is 4.07. The zero-order valence-corrected chi connectivity index (χ0v) is 14.1. The maximum atomic E-state index is 12.5. The zero-order chi connectivity index (χ0) is 14.1. The minimum Gasteiger partial charge on any atom is -0.268 e. The highest BCUT2D eigenvalue weighted by Crippen LogP contribution is 2.37. The van der Waals surface area contributed by atoms with E-state index in [4.69, 9.17) is 12.2 Å². The molecule has 0 spiro atoms. The highest BCUT2D eigenvalue weighted by Gasteiger charge is 2.33. The summed E-state index contributed by atoms with van der Waals surface area (Å²) in [5, 5.41) is 0. The molecule has 2 nitrogen and oxygen atoms in total. The average Bonchev–Trinajstić information content (AvgIpc) is 2.96. The zero-order valence-electron chi connectivity index (χ0n) is 10.1. The molecule has 0 aliphatic carbocycles. The van der Waals surface area contributed by atoms with E-state index >= 15 is 0 Å². The van der Waals surface area contributed by atoms with Gasteiger partial charge in [0, 0.05) is 4.88 Å². The van der Waals surface area contributed by atoms with Crippen molar-refractivity contribution in [2.75, 3.05) is 4.90 Å². The van der Waals surface area contributed by atoms with Gasteiger partial charge in [-0.25, -0.2) is 0 Å². The predicted molar refractivity (Wildman–Crippen MR) is 94.1 cm³/mol. The number of thiophene rings is 1. The van der Waals surface area contributed by atoms with Crippen molar-refractivity contribution in [1.29, 1.82) is 0 Å². The molecule has 6 heteroatoms. The first-order valence-electron chi connectivity index (χ1n) is 5.73. The lowest BCUT2D eigenvalue weighted by Gasteiger charge is -2.13. The van der Waals surface area contributed by atoms with Crippen LogP contribution in [0.1, 0.15) is 4.88 Å². The van der Waals surface area contributed by atoms with Crippen LogP contribution in [-0.2, 0) is 4.79 Å². The molecule has 0 unspecified atom stereocenters. The normalized spacial score (nSPS) is 17.2. The summed E-state index contributed by atoms with van der Waals surface area (Å²) in [6.07, 6.45) is 1.89.